The Labute approximate surface area is 143 Å². The van der Waals surface area contributed by atoms with E-state index in [9.17, 15) is 14.0 Å². The van der Waals surface area contributed by atoms with Crippen molar-refractivity contribution in [2.45, 2.75) is 24.0 Å². The number of thioether (sulfide) groups is 1. The third-order valence-corrected chi connectivity index (χ3v) is 4.49. The summed E-state index contributed by atoms with van der Waals surface area (Å²) in [7, 11) is 0. The number of amides is 1. The molecule has 0 aromatic heterocycles. The molecule has 1 atom stereocenters. The van der Waals surface area contributed by atoms with Crippen LogP contribution < -0.4 is 5.32 Å². The van der Waals surface area contributed by atoms with E-state index in [1.54, 1.807) is 37.3 Å². The summed E-state index contributed by atoms with van der Waals surface area (Å²) in [6.07, 6.45) is 0. The molecule has 0 aliphatic carbocycles. The molecule has 0 heterocycles. The van der Waals surface area contributed by atoms with Crippen LogP contribution in [-0.2, 0) is 4.79 Å². The van der Waals surface area contributed by atoms with Crippen LogP contribution in [0, 0.1) is 5.82 Å². The monoisotopic (exact) mass is 351 g/mol. The SMILES string of the molecule is CC(=O)c1cccc(NC(=O)[C@@H](C)Sc2ccc(F)c(Cl)c2)c1. The topological polar surface area (TPSA) is 46.2 Å². The highest BCUT2D eigenvalue weighted by atomic mass is 35.5. The highest BCUT2D eigenvalue weighted by Crippen LogP contribution is 2.28. The van der Waals surface area contributed by atoms with E-state index in [4.69, 9.17) is 11.6 Å². The zero-order chi connectivity index (χ0) is 17.0. The molecule has 0 saturated heterocycles. The number of nitrogens with one attached hydrogen (secondary N) is 1. The van der Waals surface area contributed by atoms with E-state index in [0.29, 0.717) is 16.1 Å². The fourth-order valence-electron chi connectivity index (χ4n) is 1.87. The van der Waals surface area contributed by atoms with Crippen LogP contribution in [0.3, 0.4) is 0 Å². The van der Waals surface area contributed by atoms with Gasteiger partial charge in [-0.2, -0.15) is 0 Å². The number of Topliss-reactive ketones (excluding diaryl/α,β-unsaturated/α-hetero) is 1. The van der Waals surface area contributed by atoms with Crippen molar-refractivity contribution in [1.29, 1.82) is 0 Å². The van der Waals surface area contributed by atoms with Crippen molar-refractivity contribution in [3.05, 3.63) is 58.9 Å². The van der Waals surface area contributed by atoms with Crippen molar-refractivity contribution in [1.82, 2.24) is 0 Å². The number of halogens is 2. The van der Waals surface area contributed by atoms with Gasteiger partial charge in [0, 0.05) is 16.1 Å². The van der Waals surface area contributed by atoms with E-state index in [1.807, 2.05) is 0 Å². The van der Waals surface area contributed by atoms with Crippen LogP contribution in [-0.4, -0.2) is 16.9 Å². The van der Waals surface area contributed by atoms with Crippen LogP contribution in [0.25, 0.3) is 0 Å². The first kappa shape index (κ1) is 17.5. The van der Waals surface area contributed by atoms with Gasteiger partial charge in [-0.3, -0.25) is 9.59 Å². The first-order chi connectivity index (χ1) is 10.9. The fourth-order valence-corrected chi connectivity index (χ4v) is 3.02. The summed E-state index contributed by atoms with van der Waals surface area (Å²) in [5.41, 5.74) is 1.10. The minimum absolute atomic E-state index is 0.0248. The van der Waals surface area contributed by atoms with Gasteiger partial charge in [0.05, 0.1) is 10.3 Å². The highest BCUT2D eigenvalue weighted by Gasteiger charge is 2.15. The Morgan fingerprint density at radius 3 is 2.61 bits per heavy atom. The summed E-state index contributed by atoms with van der Waals surface area (Å²) in [5, 5.41) is 2.38. The average molecular weight is 352 g/mol. The van der Waals surface area contributed by atoms with Crippen molar-refractivity contribution in [2.75, 3.05) is 5.32 Å². The second-order valence-electron chi connectivity index (χ2n) is 4.96. The zero-order valence-corrected chi connectivity index (χ0v) is 14.2. The summed E-state index contributed by atoms with van der Waals surface area (Å²) in [5.74, 6) is -0.769. The third kappa shape index (κ3) is 4.81. The second-order valence-corrected chi connectivity index (χ2v) is 6.78. The van der Waals surface area contributed by atoms with Gasteiger partial charge in [0.15, 0.2) is 5.78 Å². The van der Waals surface area contributed by atoms with Crippen LogP contribution in [0.1, 0.15) is 24.2 Å². The van der Waals surface area contributed by atoms with E-state index in [0.717, 1.165) is 0 Å². The van der Waals surface area contributed by atoms with Gasteiger partial charge in [-0.1, -0.05) is 23.7 Å². The lowest BCUT2D eigenvalue weighted by atomic mass is 10.1. The van der Waals surface area contributed by atoms with Crippen LogP contribution >= 0.6 is 23.4 Å². The van der Waals surface area contributed by atoms with Crippen molar-refractivity contribution in [3.63, 3.8) is 0 Å². The molecule has 0 aliphatic heterocycles. The van der Waals surface area contributed by atoms with E-state index in [2.05, 4.69) is 5.32 Å². The molecule has 0 spiro atoms. The van der Waals surface area contributed by atoms with E-state index in [-0.39, 0.29) is 16.7 Å². The minimum atomic E-state index is -0.492. The molecule has 2 aromatic carbocycles. The number of benzene rings is 2. The van der Waals surface area contributed by atoms with Crippen molar-refractivity contribution >= 4 is 40.7 Å². The molecule has 0 bridgehead atoms. The van der Waals surface area contributed by atoms with Crippen LogP contribution in [0.15, 0.2) is 47.4 Å². The maximum atomic E-state index is 13.1. The van der Waals surface area contributed by atoms with Crippen molar-refractivity contribution in [2.24, 2.45) is 0 Å². The largest absolute Gasteiger partial charge is 0.325 e. The number of hydrogen-bond acceptors (Lipinski definition) is 3. The number of hydrogen-bond donors (Lipinski definition) is 1. The fraction of sp³-hybridized carbons (Fsp3) is 0.176. The Balaban J connectivity index is 2.03. The Hall–Kier alpha value is -1.85. The molecule has 0 aliphatic rings. The molecule has 2 rings (SSSR count). The standard InChI is InChI=1S/C17H15ClFNO2S/c1-10(21)12-4-3-5-13(8-12)20-17(22)11(2)23-14-6-7-16(19)15(18)9-14/h3-9,11H,1-2H3,(H,20,22)/t11-/m1/s1. The maximum absolute atomic E-state index is 13.1. The summed E-state index contributed by atoms with van der Waals surface area (Å²) in [6.45, 7) is 3.21. The van der Waals surface area contributed by atoms with E-state index < -0.39 is 11.1 Å². The predicted molar refractivity (Wildman–Crippen MR) is 91.8 cm³/mol. The molecule has 120 valence electrons. The van der Waals surface area contributed by atoms with Gasteiger partial charge < -0.3 is 5.32 Å². The lowest BCUT2D eigenvalue weighted by Gasteiger charge is -2.12. The lowest BCUT2D eigenvalue weighted by molar-refractivity contribution is -0.115. The zero-order valence-electron chi connectivity index (χ0n) is 12.6. The van der Waals surface area contributed by atoms with Crippen LogP contribution in [0.5, 0.6) is 0 Å². The number of anilines is 1. The molecule has 0 radical (unpaired) electrons. The van der Waals surface area contributed by atoms with Gasteiger partial charge >= 0.3 is 0 Å². The van der Waals surface area contributed by atoms with Crippen LogP contribution in [0.2, 0.25) is 5.02 Å². The van der Waals surface area contributed by atoms with Gasteiger partial charge in [0.25, 0.3) is 0 Å². The Bertz CT molecular complexity index is 751. The normalized spacial score (nSPS) is 11.8. The minimum Gasteiger partial charge on any atom is -0.325 e. The summed E-state index contributed by atoms with van der Waals surface area (Å²) >= 11 is 7.01. The average Bonchev–Trinajstić information content (AvgIpc) is 2.51. The molecule has 6 heteroatoms. The number of ketones is 1. The van der Waals surface area contributed by atoms with Gasteiger partial charge in [0.1, 0.15) is 5.82 Å². The number of carbonyl (C=O) groups excluding carboxylic acids is 2. The molecule has 23 heavy (non-hydrogen) atoms. The summed E-state index contributed by atoms with van der Waals surface area (Å²) in [4.78, 5) is 24.3. The number of carbonyl (C=O) groups is 2. The Morgan fingerprint density at radius 2 is 1.96 bits per heavy atom. The first-order valence-electron chi connectivity index (χ1n) is 6.90. The highest BCUT2D eigenvalue weighted by molar-refractivity contribution is 8.00. The maximum Gasteiger partial charge on any atom is 0.237 e. The Morgan fingerprint density at radius 1 is 1.22 bits per heavy atom. The first-order valence-corrected chi connectivity index (χ1v) is 8.16. The predicted octanol–water partition coefficient (Wildman–Crippen LogP) is 4.80. The van der Waals surface area contributed by atoms with Gasteiger partial charge in [-0.05, 0) is 44.2 Å². The molecular weight excluding hydrogens is 337 g/mol. The van der Waals surface area contributed by atoms with Crippen molar-refractivity contribution < 1.29 is 14.0 Å². The van der Waals surface area contributed by atoms with E-state index in [1.165, 1.54) is 30.8 Å². The molecule has 0 fully saturated rings. The number of rotatable bonds is 5. The second kappa shape index (κ2) is 7.62. The van der Waals surface area contributed by atoms with Crippen molar-refractivity contribution in [3.8, 4) is 0 Å². The molecular formula is C17H15ClFNO2S. The summed E-state index contributed by atoms with van der Waals surface area (Å²) < 4.78 is 13.1. The molecule has 3 nitrogen and oxygen atoms in total. The third-order valence-electron chi connectivity index (χ3n) is 3.11. The molecule has 1 amide bonds. The lowest BCUT2D eigenvalue weighted by Crippen LogP contribution is -2.22. The Kier molecular flexibility index (Phi) is 5.80. The molecule has 0 saturated carbocycles. The molecule has 1 N–H and O–H groups in total. The summed E-state index contributed by atoms with van der Waals surface area (Å²) in [6, 6.07) is 11.1. The molecule has 0 unspecified atom stereocenters. The quantitative estimate of drug-likeness (QED) is 0.621. The van der Waals surface area contributed by atoms with Crippen LogP contribution in [0.4, 0.5) is 10.1 Å². The van der Waals surface area contributed by atoms with E-state index >= 15 is 0 Å². The van der Waals surface area contributed by atoms with Gasteiger partial charge in [-0.25, -0.2) is 4.39 Å². The van der Waals surface area contributed by atoms with Gasteiger partial charge in [0.2, 0.25) is 5.91 Å². The molecule has 2 aromatic rings. The van der Waals surface area contributed by atoms with Gasteiger partial charge in [-0.15, -0.1) is 11.8 Å². The smallest absolute Gasteiger partial charge is 0.237 e.